The van der Waals surface area contributed by atoms with Crippen molar-refractivity contribution in [1.29, 1.82) is 0 Å². The van der Waals surface area contributed by atoms with Gasteiger partial charge < -0.3 is 4.74 Å². The van der Waals surface area contributed by atoms with Crippen LogP contribution in [0.15, 0.2) is 50.4 Å². The Bertz CT molecular complexity index is 601. The lowest BCUT2D eigenvalue weighted by molar-refractivity contribution is 0.409. The molecule has 5 heteroatoms. The molecule has 2 rings (SSSR count). The summed E-state index contributed by atoms with van der Waals surface area (Å²) in [6.45, 7) is 2.06. The molecular weight excluding hydrogens is 384 g/mol. The largest absolute Gasteiger partial charge is 0.494 e. The summed E-state index contributed by atoms with van der Waals surface area (Å²) < 4.78 is 7.02. The number of hydrogen-bond donors (Lipinski definition) is 1. The van der Waals surface area contributed by atoms with Gasteiger partial charge in [-0.2, -0.15) is 5.10 Å². The third-order valence-electron chi connectivity index (χ3n) is 2.68. The number of rotatable bonds is 4. The van der Waals surface area contributed by atoms with Crippen LogP contribution in [0.1, 0.15) is 11.1 Å². The number of nitrogens with one attached hydrogen (secondary N) is 1. The van der Waals surface area contributed by atoms with E-state index in [1.54, 1.807) is 13.3 Å². The Kier molecular flexibility index (Phi) is 5.20. The number of ether oxygens (including phenoxy) is 1. The van der Waals surface area contributed by atoms with Gasteiger partial charge in [-0.25, -0.2) is 0 Å². The highest BCUT2D eigenvalue weighted by atomic mass is 79.9. The smallest absolute Gasteiger partial charge is 0.147 e. The highest BCUT2D eigenvalue weighted by molar-refractivity contribution is 9.11. The molecule has 0 bridgehead atoms. The van der Waals surface area contributed by atoms with Gasteiger partial charge in [0.25, 0.3) is 0 Å². The molecule has 0 atom stereocenters. The number of hydrazone groups is 1. The minimum absolute atomic E-state index is 0.772. The first-order valence-electron chi connectivity index (χ1n) is 5.99. The number of methoxy groups -OCH3 is 1. The first kappa shape index (κ1) is 15.1. The van der Waals surface area contributed by atoms with Crippen LogP contribution >= 0.6 is 31.9 Å². The lowest BCUT2D eigenvalue weighted by atomic mass is 10.2. The maximum Gasteiger partial charge on any atom is 0.147 e. The first-order chi connectivity index (χ1) is 9.60. The average Bonchev–Trinajstić information content (AvgIpc) is 2.41. The molecule has 0 aliphatic rings. The molecule has 0 radical (unpaired) electrons. The second-order valence-electron chi connectivity index (χ2n) is 4.25. The quantitative estimate of drug-likeness (QED) is 0.583. The van der Waals surface area contributed by atoms with E-state index in [0.717, 1.165) is 25.9 Å². The van der Waals surface area contributed by atoms with E-state index in [2.05, 4.69) is 49.3 Å². The van der Waals surface area contributed by atoms with E-state index in [-0.39, 0.29) is 0 Å². The number of anilines is 1. The van der Waals surface area contributed by atoms with E-state index in [0.29, 0.717) is 0 Å². The molecule has 104 valence electrons. The maximum atomic E-state index is 5.26. The number of hydrogen-bond acceptors (Lipinski definition) is 3. The third-order valence-corrected chi connectivity index (χ3v) is 3.86. The summed E-state index contributed by atoms with van der Waals surface area (Å²) in [6.07, 6.45) is 1.76. The Balaban J connectivity index is 2.10. The molecule has 0 fully saturated rings. The fourth-order valence-corrected chi connectivity index (χ4v) is 3.20. The summed E-state index contributed by atoms with van der Waals surface area (Å²) >= 11 is 6.93. The second-order valence-corrected chi connectivity index (χ2v) is 5.96. The summed E-state index contributed by atoms with van der Waals surface area (Å²) in [5.41, 5.74) is 6.14. The highest BCUT2D eigenvalue weighted by Crippen LogP contribution is 2.33. The first-order valence-corrected chi connectivity index (χ1v) is 7.57. The van der Waals surface area contributed by atoms with Crippen molar-refractivity contribution in [2.24, 2.45) is 5.10 Å². The van der Waals surface area contributed by atoms with Crippen LogP contribution in [0.5, 0.6) is 5.75 Å². The van der Waals surface area contributed by atoms with Crippen LogP contribution in [0.2, 0.25) is 0 Å². The Morgan fingerprint density at radius 3 is 2.25 bits per heavy atom. The lowest BCUT2D eigenvalue weighted by Gasteiger charge is -2.07. The van der Waals surface area contributed by atoms with Crippen LogP contribution in [-0.4, -0.2) is 13.3 Å². The lowest BCUT2D eigenvalue weighted by Crippen LogP contribution is -1.92. The molecule has 0 spiro atoms. The van der Waals surface area contributed by atoms with Crippen LogP contribution < -0.4 is 10.2 Å². The second kappa shape index (κ2) is 6.90. The van der Waals surface area contributed by atoms with E-state index >= 15 is 0 Å². The van der Waals surface area contributed by atoms with Gasteiger partial charge in [0, 0.05) is 0 Å². The van der Waals surface area contributed by atoms with Crippen LogP contribution in [0.25, 0.3) is 0 Å². The summed E-state index contributed by atoms with van der Waals surface area (Å²) in [5, 5.41) is 4.22. The topological polar surface area (TPSA) is 33.6 Å². The Morgan fingerprint density at radius 2 is 1.70 bits per heavy atom. The van der Waals surface area contributed by atoms with Gasteiger partial charge in [0.05, 0.1) is 28.0 Å². The van der Waals surface area contributed by atoms with Crippen LogP contribution in [0, 0.1) is 6.92 Å². The van der Waals surface area contributed by atoms with E-state index in [9.17, 15) is 0 Å². The molecule has 0 unspecified atom stereocenters. The van der Waals surface area contributed by atoms with Gasteiger partial charge in [-0.1, -0.05) is 17.7 Å². The molecule has 0 saturated heterocycles. The minimum Gasteiger partial charge on any atom is -0.494 e. The summed E-state index contributed by atoms with van der Waals surface area (Å²) in [6, 6.07) is 12.0. The van der Waals surface area contributed by atoms with Gasteiger partial charge in [0.1, 0.15) is 5.75 Å². The van der Waals surface area contributed by atoms with Crippen molar-refractivity contribution in [2.75, 3.05) is 12.5 Å². The zero-order chi connectivity index (χ0) is 14.5. The number of nitrogens with zero attached hydrogens (tertiary/aromatic N) is 1. The van der Waals surface area contributed by atoms with E-state index < -0.39 is 0 Å². The average molecular weight is 398 g/mol. The zero-order valence-corrected chi connectivity index (χ0v) is 14.3. The van der Waals surface area contributed by atoms with Gasteiger partial charge >= 0.3 is 0 Å². The molecule has 0 amide bonds. The molecule has 1 N–H and O–H groups in total. The third kappa shape index (κ3) is 3.84. The molecule has 2 aromatic rings. The predicted molar refractivity (Wildman–Crippen MR) is 90.8 cm³/mol. The van der Waals surface area contributed by atoms with Crippen molar-refractivity contribution in [3.63, 3.8) is 0 Å². The van der Waals surface area contributed by atoms with Crippen LogP contribution in [0.4, 0.5) is 5.69 Å². The summed E-state index contributed by atoms with van der Waals surface area (Å²) in [5.74, 6) is 0.772. The fourth-order valence-electron chi connectivity index (χ4n) is 1.66. The Hall–Kier alpha value is -1.33. The van der Waals surface area contributed by atoms with Crippen LogP contribution in [0.3, 0.4) is 0 Å². The normalized spacial score (nSPS) is 10.8. The van der Waals surface area contributed by atoms with Crippen molar-refractivity contribution in [1.82, 2.24) is 0 Å². The molecule has 20 heavy (non-hydrogen) atoms. The van der Waals surface area contributed by atoms with Crippen molar-refractivity contribution in [3.05, 3.63) is 56.5 Å². The molecule has 0 aromatic heterocycles. The summed E-state index contributed by atoms with van der Waals surface area (Å²) in [4.78, 5) is 0. The number of aryl methyl sites for hydroxylation is 1. The van der Waals surface area contributed by atoms with E-state index in [4.69, 9.17) is 4.74 Å². The van der Waals surface area contributed by atoms with Gasteiger partial charge in [-0.15, -0.1) is 0 Å². The highest BCUT2D eigenvalue weighted by Gasteiger charge is 2.06. The molecule has 0 heterocycles. The van der Waals surface area contributed by atoms with Crippen LogP contribution in [-0.2, 0) is 0 Å². The van der Waals surface area contributed by atoms with Gasteiger partial charge in [-0.05, 0) is 68.6 Å². The molecular formula is C15H14Br2N2O. The van der Waals surface area contributed by atoms with Crippen molar-refractivity contribution >= 4 is 43.8 Å². The molecule has 0 aliphatic carbocycles. The molecule has 3 nitrogen and oxygen atoms in total. The van der Waals surface area contributed by atoms with Crippen molar-refractivity contribution in [2.45, 2.75) is 6.92 Å². The van der Waals surface area contributed by atoms with Gasteiger partial charge in [-0.3, -0.25) is 5.43 Å². The zero-order valence-electron chi connectivity index (χ0n) is 11.2. The van der Waals surface area contributed by atoms with E-state index in [1.165, 1.54) is 5.56 Å². The minimum atomic E-state index is 0.772. The molecule has 2 aromatic carbocycles. The van der Waals surface area contributed by atoms with E-state index in [1.807, 2.05) is 36.4 Å². The molecule has 0 saturated carbocycles. The van der Waals surface area contributed by atoms with Crippen molar-refractivity contribution < 1.29 is 4.74 Å². The maximum absolute atomic E-state index is 5.26. The molecule has 0 aliphatic heterocycles. The SMILES string of the molecule is COc1c(Br)cc(/C=N/Nc2ccc(C)cc2)cc1Br. The van der Waals surface area contributed by atoms with Gasteiger partial charge in [0.15, 0.2) is 0 Å². The number of halogens is 2. The summed E-state index contributed by atoms with van der Waals surface area (Å²) in [7, 11) is 1.64. The Morgan fingerprint density at radius 1 is 1.10 bits per heavy atom. The standard InChI is InChI=1S/C15H14Br2N2O/c1-10-3-5-12(6-4-10)19-18-9-11-7-13(16)15(20-2)14(17)8-11/h3-9,19H,1-2H3/b18-9+. The predicted octanol–water partition coefficient (Wildman–Crippen LogP) is 4.97. The van der Waals surface area contributed by atoms with Gasteiger partial charge in [0.2, 0.25) is 0 Å². The Labute approximate surface area is 135 Å². The number of benzene rings is 2. The monoisotopic (exact) mass is 396 g/mol. The fraction of sp³-hybridized carbons (Fsp3) is 0.133. The van der Waals surface area contributed by atoms with Crippen molar-refractivity contribution in [3.8, 4) is 5.75 Å².